The molecule has 0 atom stereocenters. The lowest BCUT2D eigenvalue weighted by molar-refractivity contribution is 0.0449. The summed E-state index contributed by atoms with van der Waals surface area (Å²) in [5, 5.41) is 3.90. The molecule has 0 spiro atoms. The van der Waals surface area contributed by atoms with Gasteiger partial charge in [-0.2, -0.15) is 9.29 Å². The molecular weight excluding hydrogens is 372 g/mol. The van der Waals surface area contributed by atoms with Crippen molar-refractivity contribution in [1.82, 2.24) is 28.9 Å². The largest absolute Gasteiger partial charge is 0.340 e. The normalized spacial score (nSPS) is 15.6. The van der Waals surface area contributed by atoms with Crippen LogP contribution in [0.25, 0.3) is 0 Å². The van der Waals surface area contributed by atoms with Gasteiger partial charge in [-0.15, -0.1) is 0 Å². The number of carbonyl (C=O) groups excluding carboxylic acids is 1. The molecule has 1 amide bonds. The summed E-state index contributed by atoms with van der Waals surface area (Å²) in [6.07, 6.45) is 4.73. The molecule has 0 bridgehead atoms. The number of imidazole rings is 1. The van der Waals surface area contributed by atoms with E-state index in [4.69, 9.17) is 4.52 Å². The van der Waals surface area contributed by atoms with Gasteiger partial charge in [-0.25, -0.2) is 13.4 Å². The lowest BCUT2D eigenvalue weighted by Crippen LogP contribution is -2.62. The molecule has 0 unspecified atom stereocenters. The fourth-order valence-electron chi connectivity index (χ4n) is 2.92. The Balaban J connectivity index is 1.60. The van der Waals surface area contributed by atoms with Gasteiger partial charge in [0.2, 0.25) is 15.9 Å². The Morgan fingerprint density at radius 1 is 1.41 bits per heavy atom. The van der Waals surface area contributed by atoms with Crippen LogP contribution < -0.4 is 0 Å². The molecule has 0 aliphatic carbocycles. The van der Waals surface area contributed by atoms with Gasteiger partial charge in [0.1, 0.15) is 5.69 Å². The molecule has 0 radical (unpaired) electrons. The first-order valence-corrected chi connectivity index (χ1v) is 10.6. The number of nitrogens with zero attached hydrogens (tertiary/aromatic N) is 6. The third-order valence-corrected chi connectivity index (χ3v) is 5.77. The number of hydrogen-bond acceptors (Lipinski definition) is 7. The Hall–Kier alpha value is -2.27. The van der Waals surface area contributed by atoms with Crippen LogP contribution in [0.3, 0.4) is 0 Å². The number of hydrogen-bond donors (Lipinski definition) is 0. The van der Waals surface area contributed by atoms with Crippen molar-refractivity contribution in [2.45, 2.75) is 32.2 Å². The molecule has 3 rings (SSSR count). The summed E-state index contributed by atoms with van der Waals surface area (Å²) in [5.41, 5.74) is 0.356. The lowest BCUT2D eigenvalue weighted by Gasteiger charge is -2.43. The SMILES string of the molecule is CC(C)c1nc(CCN(C2CN(C(=O)c3cn(C)cn3)C2)S(C)(=O)=O)no1. The molecule has 0 saturated carbocycles. The van der Waals surface area contributed by atoms with Gasteiger partial charge in [0, 0.05) is 45.2 Å². The standard InChI is InChI=1S/C16H24N6O4S/c1-11(2)15-18-14(19-26-15)5-6-22(27(4,24)25)12-7-21(8-12)16(23)13-9-20(3)10-17-13/h9-12H,5-8H2,1-4H3. The van der Waals surface area contributed by atoms with Crippen molar-refractivity contribution in [3.8, 4) is 0 Å². The molecule has 1 aliphatic rings. The second kappa shape index (κ2) is 7.39. The summed E-state index contributed by atoms with van der Waals surface area (Å²) in [4.78, 5) is 22.3. The Morgan fingerprint density at radius 2 is 2.11 bits per heavy atom. The number of likely N-dealkylation sites (tertiary alicyclic amines) is 1. The van der Waals surface area contributed by atoms with Gasteiger partial charge < -0.3 is 14.0 Å². The van der Waals surface area contributed by atoms with Gasteiger partial charge in [-0.1, -0.05) is 19.0 Å². The van der Waals surface area contributed by atoms with Gasteiger partial charge in [-0.3, -0.25) is 4.79 Å². The zero-order chi connectivity index (χ0) is 19.8. The van der Waals surface area contributed by atoms with Crippen LogP contribution in [0.2, 0.25) is 0 Å². The predicted molar refractivity (Wildman–Crippen MR) is 96.5 cm³/mol. The van der Waals surface area contributed by atoms with E-state index in [1.54, 1.807) is 29.0 Å². The van der Waals surface area contributed by atoms with Gasteiger partial charge in [0.05, 0.1) is 18.6 Å². The van der Waals surface area contributed by atoms with E-state index >= 15 is 0 Å². The van der Waals surface area contributed by atoms with E-state index in [2.05, 4.69) is 15.1 Å². The fraction of sp³-hybridized carbons (Fsp3) is 0.625. The first-order chi connectivity index (χ1) is 12.6. The zero-order valence-electron chi connectivity index (χ0n) is 15.9. The number of amides is 1. The number of aromatic nitrogens is 4. The number of rotatable bonds is 7. The van der Waals surface area contributed by atoms with E-state index in [0.29, 0.717) is 36.9 Å². The third-order valence-electron chi connectivity index (χ3n) is 4.44. The molecule has 3 heterocycles. The molecule has 1 aliphatic heterocycles. The summed E-state index contributed by atoms with van der Waals surface area (Å²) in [5.74, 6) is 0.940. The van der Waals surface area contributed by atoms with Crippen LogP contribution in [0.15, 0.2) is 17.0 Å². The second-order valence-electron chi connectivity index (χ2n) is 7.12. The van der Waals surface area contributed by atoms with Gasteiger partial charge in [-0.05, 0) is 0 Å². The van der Waals surface area contributed by atoms with Crippen molar-refractivity contribution in [3.05, 3.63) is 29.9 Å². The molecule has 1 saturated heterocycles. The van der Waals surface area contributed by atoms with Crippen LogP contribution in [0.4, 0.5) is 0 Å². The van der Waals surface area contributed by atoms with E-state index in [0.717, 1.165) is 0 Å². The molecule has 148 valence electrons. The van der Waals surface area contributed by atoms with Crippen LogP contribution in [0, 0.1) is 0 Å². The Morgan fingerprint density at radius 3 is 2.63 bits per heavy atom. The van der Waals surface area contributed by atoms with Gasteiger partial charge in [0.25, 0.3) is 5.91 Å². The molecule has 11 heteroatoms. The fourth-order valence-corrected chi connectivity index (χ4v) is 4.02. The van der Waals surface area contributed by atoms with E-state index in [1.165, 1.54) is 10.6 Å². The molecule has 2 aromatic rings. The van der Waals surface area contributed by atoms with Crippen molar-refractivity contribution >= 4 is 15.9 Å². The van der Waals surface area contributed by atoms with E-state index in [-0.39, 0.29) is 24.4 Å². The monoisotopic (exact) mass is 396 g/mol. The van der Waals surface area contributed by atoms with E-state index in [9.17, 15) is 13.2 Å². The van der Waals surface area contributed by atoms with Crippen LogP contribution in [0.1, 0.15) is 42.0 Å². The van der Waals surface area contributed by atoms with Crippen LogP contribution in [-0.4, -0.2) is 75.2 Å². The molecular formula is C16H24N6O4S. The minimum absolute atomic E-state index is 0.120. The summed E-state index contributed by atoms with van der Waals surface area (Å²) in [6.45, 7) is 4.81. The Labute approximate surface area is 158 Å². The number of aryl methyl sites for hydroxylation is 1. The minimum atomic E-state index is -3.42. The van der Waals surface area contributed by atoms with Crippen molar-refractivity contribution < 1.29 is 17.7 Å². The topological polar surface area (TPSA) is 114 Å². The summed E-state index contributed by atoms with van der Waals surface area (Å²) < 4.78 is 32.6. The summed E-state index contributed by atoms with van der Waals surface area (Å²) in [7, 11) is -1.64. The zero-order valence-corrected chi connectivity index (χ0v) is 16.7. The molecule has 2 aromatic heterocycles. The predicted octanol–water partition coefficient (Wildman–Crippen LogP) is 0.255. The summed E-state index contributed by atoms with van der Waals surface area (Å²) in [6, 6.07) is -0.260. The number of carbonyl (C=O) groups is 1. The highest BCUT2D eigenvalue weighted by atomic mass is 32.2. The van der Waals surface area contributed by atoms with Crippen LogP contribution in [0.5, 0.6) is 0 Å². The summed E-state index contributed by atoms with van der Waals surface area (Å²) >= 11 is 0. The third kappa shape index (κ3) is 4.35. The quantitative estimate of drug-likeness (QED) is 0.659. The van der Waals surface area contributed by atoms with Gasteiger partial charge in [0.15, 0.2) is 5.82 Å². The van der Waals surface area contributed by atoms with Crippen molar-refractivity contribution in [1.29, 1.82) is 0 Å². The maximum atomic E-state index is 12.4. The van der Waals surface area contributed by atoms with Crippen molar-refractivity contribution in [2.75, 3.05) is 25.9 Å². The van der Waals surface area contributed by atoms with Gasteiger partial charge >= 0.3 is 0 Å². The lowest BCUT2D eigenvalue weighted by atomic mass is 10.1. The van der Waals surface area contributed by atoms with Crippen molar-refractivity contribution in [2.24, 2.45) is 7.05 Å². The molecule has 1 fully saturated rings. The highest BCUT2D eigenvalue weighted by molar-refractivity contribution is 7.88. The smallest absolute Gasteiger partial charge is 0.274 e. The van der Waals surface area contributed by atoms with Crippen LogP contribution >= 0.6 is 0 Å². The molecule has 10 nitrogen and oxygen atoms in total. The van der Waals surface area contributed by atoms with Crippen LogP contribution in [-0.2, 0) is 23.5 Å². The van der Waals surface area contributed by atoms with E-state index in [1.807, 2.05) is 13.8 Å². The second-order valence-corrected chi connectivity index (χ2v) is 9.05. The molecule has 27 heavy (non-hydrogen) atoms. The average Bonchev–Trinajstić information content (AvgIpc) is 3.16. The van der Waals surface area contributed by atoms with Crippen molar-refractivity contribution in [3.63, 3.8) is 0 Å². The maximum Gasteiger partial charge on any atom is 0.274 e. The highest BCUT2D eigenvalue weighted by Crippen LogP contribution is 2.20. The highest BCUT2D eigenvalue weighted by Gasteiger charge is 2.39. The Bertz CT molecular complexity index is 913. The molecule has 0 aromatic carbocycles. The molecule has 0 N–H and O–H groups in total. The minimum Gasteiger partial charge on any atom is -0.340 e. The average molecular weight is 396 g/mol. The first kappa shape index (κ1) is 19.5. The maximum absolute atomic E-state index is 12.4. The van der Waals surface area contributed by atoms with E-state index < -0.39 is 10.0 Å². The first-order valence-electron chi connectivity index (χ1n) is 8.71. The Kier molecular flexibility index (Phi) is 5.33. The number of sulfonamides is 1.